The SMILES string of the molecule is CN=C(NCc1ccc(Oc2ccc(F)cc2)cc1)NCc1ccc(C(=O)N(C)C)cc1. The van der Waals surface area contributed by atoms with Crippen LogP contribution >= 0.6 is 0 Å². The molecule has 0 aliphatic rings. The number of nitrogens with zero attached hydrogens (tertiary/aromatic N) is 2. The summed E-state index contributed by atoms with van der Waals surface area (Å²) in [5.74, 6) is 1.62. The number of hydrogen-bond donors (Lipinski definition) is 2. The first kappa shape index (κ1) is 22.8. The molecule has 166 valence electrons. The van der Waals surface area contributed by atoms with Gasteiger partial charge < -0.3 is 20.3 Å². The maximum Gasteiger partial charge on any atom is 0.253 e. The second-order valence-electron chi connectivity index (χ2n) is 7.38. The highest BCUT2D eigenvalue weighted by Crippen LogP contribution is 2.21. The van der Waals surface area contributed by atoms with E-state index in [4.69, 9.17) is 4.74 Å². The quantitative estimate of drug-likeness (QED) is 0.432. The lowest BCUT2D eigenvalue weighted by molar-refractivity contribution is 0.0827. The number of aliphatic imine (C=N–C) groups is 1. The number of nitrogens with one attached hydrogen (secondary N) is 2. The maximum absolute atomic E-state index is 13.0. The lowest BCUT2D eigenvalue weighted by atomic mass is 10.1. The van der Waals surface area contributed by atoms with E-state index < -0.39 is 0 Å². The summed E-state index contributed by atoms with van der Waals surface area (Å²) in [5, 5.41) is 6.54. The Bertz CT molecular complexity index is 1050. The molecule has 0 atom stereocenters. The van der Waals surface area contributed by atoms with Crippen molar-refractivity contribution in [1.29, 1.82) is 0 Å². The van der Waals surface area contributed by atoms with E-state index in [1.54, 1.807) is 38.2 Å². The van der Waals surface area contributed by atoms with Crippen LogP contribution in [0.25, 0.3) is 0 Å². The molecule has 0 radical (unpaired) electrons. The van der Waals surface area contributed by atoms with Crippen molar-refractivity contribution in [1.82, 2.24) is 15.5 Å². The summed E-state index contributed by atoms with van der Waals surface area (Å²) < 4.78 is 18.7. The van der Waals surface area contributed by atoms with Gasteiger partial charge in [0.1, 0.15) is 17.3 Å². The molecule has 0 bridgehead atoms. The fourth-order valence-corrected chi connectivity index (χ4v) is 2.93. The zero-order valence-electron chi connectivity index (χ0n) is 18.4. The van der Waals surface area contributed by atoms with Gasteiger partial charge in [0.05, 0.1) is 0 Å². The number of guanidine groups is 1. The highest BCUT2D eigenvalue weighted by Gasteiger charge is 2.07. The van der Waals surface area contributed by atoms with Gasteiger partial charge in [0, 0.05) is 39.8 Å². The Kier molecular flexibility index (Phi) is 7.80. The topological polar surface area (TPSA) is 66.0 Å². The molecule has 0 aliphatic carbocycles. The van der Waals surface area contributed by atoms with Gasteiger partial charge in [0.25, 0.3) is 5.91 Å². The monoisotopic (exact) mass is 434 g/mol. The molecular weight excluding hydrogens is 407 g/mol. The third kappa shape index (κ3) is 6.57. The molecule has 0 fully saturated rings. The molecular formula is C25H27FN4O2. The zero-order valence-corrected chi connectivity index (χ0v) is 18.4. The summed E-state index contributed by atoms with van der Waals surface area (Å²) in [6, 6.07) is 21.1. The Labute approximate surface area is 187 Å². The number of ether oxygens (including phenoxy) is 1. The van der Waals surface area contributed by atoms with E-state index in [1.165, 1.54) is 12.1 Å². The minimum absolute atomic E-state index is 0.0175. The number of benzene rings is 3. The van der Waals surface area contributed by atoms with Crippen molar-refractivity contribution in [2.45, 2.75) is 13.1 Å². The molecule has 0 aliphatic heterocycles. The molecule has 0 aromatic heterocycles. The molecule has 6 nitrogen and oxygen atoms in total. The molecule has 7 heteroatoms. The average molecular weight is 435 g/mol. The summed E-state index contributed by atoms with van der Waals surface area (Å²) in [7, 11) is 5.19. The van der Waals surface area contributed by atoms with Crippen LogP contribution in [-0.2, 0) is 13.1 Å². The first-order chi connectivity index (χ1) is 15.4. The fraction of sp³-hybridized carbons (Fsp3) is 0.200. The van der Waals surface area contributed by atoms with Crippen molar-refractivity contribution in [3.8, 4) is 11.5 Å². The minimum Gasteiger partial charge on any atom is -0.457 e. The lowest BCUT2D eigenvalue weighted by Crippen LogP contribution is -2.36. The molecule has 3 rings (SSSR count). The predicted octanol–water partition coefficient (Wildman–Crippen LogP) is 4.19. The van der Waals surface area contributed by atoms with Gasteiger partial charge in [-0.15, -0.1) is 0 Å². The Morgan fingerprint density at radius 1 is 0.844 bits per heavy atom. The van der Waals surface area contributed by atoms with Crippen molar-refractivity contribution in [3.05, 3.63) is 95.3 Å². The molecule has 2 N–H and O–H groups in total. The largest absolute Gasteiger partial charge is 0.457 e. The summed E-state index contributed by atoms with van der Waals surface area (Å²) in [4.78, 5) is 17.8. The van der Waals surface area contributed by atoms with E-state index in [9.17, 15) is 9.18 Å². The third-order valence-corrected chi connectivity index (χ3v) is 4.72. The zero-order chi connectivity index (χ0) is 22.9. The van der Waals surface area contributed by atoms with Crippen LogP contribution in [0.3, 0.4) is 0 Å². The van der Waals surface area contributed by atoms with Gasteiger partial charge in [0.15, 0.2) is 5.96 Å². The summed E-state index contributed by atoms with van der Waals surface area (Å²) in [6.45, 7) is 1.17. The lowest BCUT2D eigenvalue weighted by Gasteiger charge is -2.13. The first-order valence-corrected chi connectivity index (χ1v) is 10.2. The molecule has 1 amide bonds. The molecule has 0 heterocycles. The van der Waals surface area contributed by atoms with Gasteiger partial charge in [0.2, 0.25) is 0 Å². The Hall–Kier alpha value is -3.87. The van der Waals surface area contributed by atoms with E-state index >= 15 is 0 Å². The smallest absolute Gasteiger partial charge is 0.253 e. The normalized spacial score (nSPS) is 11.1. The van der Waals surface area contributed by atoms with E-state index in [-0.39, 0.29) is 11.7 Å². The molecule has 3 aromatic rings. The summed E-state index contributed by atoms with van der Waals surface area (Å²) in [5.41, 5.74) is 2.77. The number of hydrogen-bond acceptors (Lipinski definition) is 3. The summed E-state index contributed by atoms with van der Waals surface area (Å²) in [6.07, 6.45) is 0. The number of halogens is 1. The first-order valence-electron chi connectivity index (χ1n) is 10.2. The van der Waals surface area contributed by atoms with Crippen molar-refractivity contribution in [2.75, 3.05) is 21.1 Å². The van der Waals surface area contributed by atoms with Gasteiger partial charge >= 0.3 is 0 Å². The number of rotatable bonds is 7. The highest BCUT2D eigenvalue weighted by atomic mass is 19.1. The van der Waals surface area contributed by atoms with E-state index in [1.807, 2.05) is 48.5 Å². The Morgan fingerprint density at radius 2 is 1.31 bits per heavy atom. The van der Waals surface area contributed by atoms with Crippen LogP contribution in [0.15, 0.2) is 77.8 Å². The van der Waals surface area contributed by atoms with Gasteiger partial charge in [-0.3, -0.25) is 9.79 Å². The molecule has 0 spiro atoms. The molecule has 0 saturated heterocycles. The van der Waals surface area contributed by atoms with Crippen molar-refractivity contribution in [2.24, 2.45) is 4.99 Å². The standard InChI is InChI=1S/C25H27FN4O2/c1-27-25(28-16-18-4-8-20(9-5-18)24(31)30(2)3)29-17-19-6-12-22(13-7-19)32-23-14-10-21(26)11-15-23/h4-15H,16-17H2,1-3H3,(H2,27,28,29). The van der Waals surface area contributed by atoms with Gasteiger partial charge in [-0.2, -0.15) is 0 Å². The second-order valence-corrected chi connectivity index (χ2v) is 7.38. The van der Waals surface area contributed by atoms with Crippen LogP contribution in [0, 0.1) is 5.82 Å². The minimum atomic E-state index is -0.294. The van der Waals surface area contributed by atoms with Crippen LogP contribution in [0.2, 0.25) is 0 Å². The van der Waals surface area contributed by atoms with Crippen LogP contribution in [0.5, 0.6) is 11.5 Å². The van der Waals surface area contributed by atoms with Crippen LogP contribution in [0.1, 0.15) is 21.5 Å². The van der Waals surface area contributed by atoms with E-state index in [2.05, 4.69) is 15.6 Å². The highest BCUT2D eigenvalue weighted by molar-refractivity contribution is 5.93. The van der Waals surface area contributed by atoms with Gasteiger partial charge in [-0.25, -0.2) is 4.39 Å². The average Bonchev–Trinajstić information content (AvgIpc) is 2.81. The number of amides is 1. The van der Waals surface area contributed by atoms with Crippen LogP contribution in [-0.4, -0.2) is 37.9 Å². The van der Waals surface area contributed by atoms with Crippen LogP contribution in [0.4, 0.5) is 4.39 Å². The van der Waals surface area contributed by atoms with Crippen molar-refractivity contribution >= 4 is 11.9 Å². The Morgan fingerprint density at radius 3 is 1.78 bits per heavy atom. The van der Waals surface area contributed by atoms with E-state index in [0.29, 0.717) is 36.1 Å². The Balaban J connectivity index is 1.47. The predicted molar refractivity (Wildman–Crippen MR) is 124 cm³/mol. The van der Waals surface area contributed by atoms with Crippen LogP contribution < -0.4 is 15.4 Å². The fourth-order valence-electron chi connectivity index (χ4n) is 2.93. The van der Waals surface area contributed by atoms with Gasteiger partial charge in [-0.05, 0) is 59.7 Å². The van der Waals surface area contributed by atoms with E-state index in [0.717, 1.165) is 11.1 Å². The number of carbonyl (C=O) groups is 1. The molecule has 3 aromatic carbocycles. The van der Waals surface area contributed by atoms with Gasteiger partial charge in [-0.1, -0.05) is 24.3 Å². The summed E-state index contributed by atoms with van der Waals surface area (Å²) >= 11 is 0. The van der Waals surface area contributed by atoms with Crippen molar-refractivity contribution in [3.63, 3.8) is 0 Å². The molecule has 32 heavy (non-hydrogen) atoms. The molecule has 0 unspecified atom stereocenters. The molecule has 0 saturated carbocycles. The third-order valence-electron chi connectivity index (χ3n) is 4.72. The second kappa shape index (κ2) is 10.9. The number of carbonyl (C=O) groups excluding carboxylic acids is 1. The van der Waals surface area contributed by atoms with Crippen molar-refractivity contribution < 1.29 is 13.9 Å². The maximum atomic E-state index is 13.0.